The van der Waals surface area contributed by atoms with Crippen molar-refractivity contribution < 1.29 is 14.8 Å². The molecule has 1 aliphatic rings. The monoisotopic (exact) mass is 279 g/mol. The molecule has 20 heavy (non-hydrogen) atoms. The Bertz CT molecular complexity index is 544. The summed E-state index contributed by atoms with van der Waals surface area (Å²) in [5, 5.41) is 20.6. The van der Waals surface area contributed by atoms with E-state index in [2.05, 4.69) is 4.98 Å². The SMILES string of the molecule is CC1(C)CCCN(c2ncccc2[N+](=O)[O-])C1C(=O)O. The van der Waals surface area contributed by atoms with Crippen LogP contribution in [0.15, 0.2) is 18.3 Å². The fraction of sp³-hybridized carbons (Fsp3) is 0.538. The third-order valence-corrected chi connectivity index (χ3v) is 3.74. The van der Waals surface area contributed by atoms with Gasteiger partial charge in [-0.15, -0.1) is 0 Å². The molecule has 1 atom stereocenters. The lowest BCUT2D eigenvalue weighted by atomic mass is 9.76. The molecule has 108 valence electrons. The minimum absolute atomic E-state index is 0.137. The van der Waals surface area contributed by atoms with Gasteiger partial charge < -0.3 is 10.0 Å². The molecule has 7 heteroatoms. The summed E-state index contributed by atoms with van der Waals surface area (Å²) in [5.74, 6) is -0.840. The second-order valence-corrected chi connectivity index (χ2v) is 5.63. The van der Waals surface area contributed by atoms with Crippen molar-refractivity contribution in [2.75, 3.05) is 11.4 Å². The van der Waals surface area contributed by atoms with Gasteiger partial charge in [0.05, 0.1) is 4.92 Å². The number of rotatable bonds is 3. The Morgan fingerprint density at radius 1 is 1.60 bits per heavy atom. The summed E-state index contributed by atoms with van der Waals surface area (Å²) >= 11 is 0. The molecule has 0 amide bonds. The van der Waals surface area contributed by atoms with Gasteiger partial charge in [-0.05, 0) is 24.3 Å². The van der Waals surface area contributed by atoms with Crippen LogP contribution in [-0.4, -0.2) is 33.6 Å². The van der Waals surface area contributed by atoms with Gasteiger partial charge in [-0.2, -0.15) is 0 Å². The summed E-state index contributed by atoms with van der Waals surface area (Å²) in [6, 6.07) is 2.01. The van der Waals surface area contributed by atoms with E-state index < -0.39 is 22.3 Å². The molecular formula is C13H17N3O4. The number of piperidine rings is 1. The van der Waals surface area contributed by atoms with Crippen molar-refractivity contribution in [2.24, 2.45) is 5.41 Å². The molecule has 1 aliphatic heterocycles. The van der Waals surface area contributed by atoms with Crippen molar-refractivity contribution >= 4 is 17.5 Å². The first-order valence-electron chi connectivity index (χ1n) is 6.43. The lowest BCUT2D eigenvalue weighted by Crippen LogP contribution is -2.54. The van der Waals surface area contributed by atoms with Crippen LogP contribution < -0.4 is 4.90 Å². The molecule has 0 aliphatic carbocycles. The Balaban J connectivity index is 2.50. The van der Waals surface area contributed by atoms with Crippen molar-refractivity contribution in [2.45, 2.75) is 32.7 Å². The normalized spacial score (nSPS) is 21.5. The van der Waals surface area contributed by atoms with E-state index in [0.717, 1.165) is 12.8 Å². The maximum Gasteiger partial charge on any atom is 0.326 e. The van der Waals surface area contributed by atoms with E-state index in [9.17, 15) is 20.0 Å². The summed E-state index contributed by atoms with van der Waals surface area (Å²) in [5.41, 5.74) is -0.619. The molecular weight excluding hydrogens is 262 g/mol. The molecule has 1 fully saturated rings. The zero-order chi connectivity index (χ0) is 14.9. The molecule has 0 aromatic carbocycles. The number of aromatic nitrogens is 1. The second-order valence-electron chi connectivity index (χ2n) is 5.63. The average Bonchev–Trinajstić information content (AvgIpc) is 2.36. The van der Waals surface area contributed by atoms with Crippen molar-refractivity contribution in [3.63, 3.8) is 0 Å². The predicted molar refractivity (Wildman–Crippen MR) is 72.7 cm³/mol. The van der Waals surface area contributed by atoms with Crippen LogP contribution >= 0.6 is 0 Å². The highest BCUT2D eigenvalue weighted by Crippen LogP contribution is 2.39. The maximum absolute atomic E-state index is 11.6. The van der Waals surface area contributed by atoms with Crippen LogP contribution in [0.1, 0.15) is 26.7 Å². The van der Waals surface area contributed by atoms with Gasteiger partial charge >= 0.3 is 11.7 Å². The lowest BCUT2D eigenvalue weighted by molar-refractivity contribution is -0.384. The number of nitro groups is 1. The first-order valence-corrected chi connectivity index (χ1v) is 6.43. The highest BCUT2D eigenvalue weighted by Gasteiger charge is 2.44. The zero-order valence-electron chi connectivity index (χ0n) is 11.4. The molecule has 1 aromatic heterocycles. The molecule has 1 aromatic rings. The van der Waals surface area contributed by atoms with Gasteiger partial charge in [0.2, 0.25) is 5.82 Å². The fourth-order valence-electron chi connectivity index (χ4n) is 2.84. The Labute approximate surface area is 116 Å². The van der Waals surface area contributed by atoms with Crippen molar-refractivity contribution in [3.8, 4) is 0 Å². The number of carbonyl (C=O) groups is 1. The summed E-state index contributed by atoms with van der Waals surface area (Å²) in [6.07, 6.45) is 2.99. The minimum Gasteiger partial charge on any atom is -0.480 e. The lowest BCUT2D eigenvalue weighted by Gasteiger charge is -2.44. The largest absolute Gasteiger partial charge is 0.480 e. The van der Waals surface area contributed by atoms with E-state index in [-0.39, 0.29) is 11.5 Å². The maximum atomic E-state index is 11.6. The Kier molecular flexibility index (Phi) is 3.61. The van der Waals surface area contributed by atoms with E-state index in [4.69, 9.17) is 0 Å². The van der Waals surface area contributed by atoms with Gasteiger partial charge in [-0.25, -0.2) is 9.78 Å². The number of hydrogen-bond donors (Lipinski definition) is 1. The number of pyridine rings is 1. The van der Waals surface area contributed by atoms with E-state index in [1.807, 2.05) is 13.8 Å². The molecule has 2 heterocycles. The van der Waals surface area contributed by atoms with E-state index >= 15 is 0 Å². The predicted octanol–water partition coefficient (Wildman–Crippen LogP) is 2.07. The molecule has 0 saturated carbocycles. The fourth-order valence-corrected chi connectivity index (χ4v) is 2.84. The first-order chi connectivity index (χ1) is 9.34. The summed E-state index contributed by atoms with van der Waals surface area (Å²) < 4.78 is 0. The van der Waals surface area contributed by atoms with Gasteiger partial charge in [0.25, 0.3) is 0 Å². The van der Waals surface area contributed by atoms with Gasteiger partial charge in [-0.3, -0.25) is 10.1 Å². The quantitative estimate of drug-likeness (QED) is 0.672. The molecule has 0 bridgehead atoms. The summed E-state index contributed by atoms with van der Waals surface area (Å²) in [4.78, 5) is 27.8. The number of hydrogen-bond acceptors (Lipinski definition) is 5. The van der Waals surface area contributed by atoms with Crippen LogP contribution in [-0.2, 0) is 4.79 Å². The molecule has 1 N–H and O–H groups in total. The number of nitrogens with zero attached hydrogens (tertiary/aromatic N) is 3. The van der Waals surface area contributed by atoms with Crippen LogP contribution in [0.5, 0.6) is 0 Å². The number of aliphatic carboxylic acids is 1. The number of carboxylic acid groups (broad SMARTS) is 1. The van der Waals surface area contributed by atoms with Crippen molar-refractivity contribution in [1.82, 2.24) is 4.98 Å². The highest BCUT2D eigenvalue weighted by molar-refractivity contribution is 5.80. The average molecular weight is 279 g/mol. The molecule has 1 unspecified atom stereocenters. The van der Waals surface area contributed by atoms with Crippen LogP contribution in [0.3, 0.4) is 0 Å². The highest BCUT2D eigenvalue weighted by atomic mass is 16.6. The van der Waals surface area contributed by atoms with Crippen molar-refractivity contribution in [1.29, 1.82) is 0 Å². The van der Waals surface area contributed by atoms with Crippen LogP contribution in [0, 0.1) is 15.5 Å². The first kappa shape index (κ1) is 14.2. The number of carboxylic acids is 1. The second kappa shape index (κ2) is 5.07. The summed E-state index contributed by atoms with van der Waals surface area (Å²) in [6.45, 7) is 4.19. The van der Waals surface area contributed by atoms with Gasteiger partial charge in [-0.1, -0.05) is 13.8 Å². The smallest absolute Gasteiger partial charge is 0.326 e. The van der Waals surface area contributed by atoms with Gasteiger partial charge in [0, 0.05) is 18.8 Å². The third-order valence-electron chi connectivity index (χ3n) is 3.74. The van der Waals surface area contributed by atoms with E-state index in [1.54, 1.807) is 4.90 Å². The van der Waals surface area contributed by atoms with Crippen LogP contribution in [0.2, 0.25) is 0 Å². The Morgan fingerprint density at radius 3 is 2.90 bits per heavy atom. The molecule has 0 spiro atoms. The zero-order valence-corrected chi connectivity index (χ0v) is 11.4. The van der Waals surface area contributed by atoms with E-state index in [1.165, 1.54) is 18.3 Å². The third kappa shape index (κ3) is 2.43. The Morgan fingerprint density at radius 2 is 2.30 bits per heavy atom. The van der Waals surface area contributed by atoms with Gasteiger partial charge in [0.15, 0.2) is 0 Å². The molecule has 2 rings (SSSR count). The standard InChI is InChI=1S/C13H17N3O4/c1-13(2)6-4-8-15(10(13)12(17)18)11-9(16(19)20)5-3-7-14-11/h3,5,7,10H,4,6,8H2,1-2H3,(H,17,18). The van der Waals surface area contributed by atoms with Crippen molar-refractivity contribution in [3.05, 3.63) is 28.4 Å². The molecule has 7 nitrogen and oxygen atoms in total. The molecule has 1 saturated heterocycles. The minimum atomic E-state index is -0.977. The topological polar surface area (TPSA) is 96.6 Å². The van der Waals surface area contributed by atoms with E-state index in [0.29, 0.717) is 6.54 Å². The van der Waals surface area contributed by atoms with Gasteiger partial charge in [0.1, 0.15) is 6.04 Å². The summed E-state index contributed by atoms with van der Waals surface area (Å²) in [7, 11) is 0. The Hall–Kier alpha value is -2.18. The molecule has 0 radical (unpaired) electrons. The number of anilines is 1. The van der Waals surface area contributed by atoms with Crippen LogP contribution in [0.25, 0.3) is 0 Å². The van der Waals surface area contributed by atoms with Crippen LogP contribution in [0.4, 0.5) is 11.5 Å².